The Kier molecular flexibility index (Phi) is 4.88. The second-order valence-electron chi connectivity index (χ2n) is 8.52. The first-order chi connectivity index (χ1) is 17.1. The number of aromatic nitrogens is 1. The highest BCUT2D eigenvalue weighted by atomic mass is 16.5. The lowest BCUT2D eigenvalue weighted by Crippen LogP contribution is -2.29. The van der Waals surface area contributed by atoms with Gasteiger partial charge in [0.15, 0.2) is 0 Å². The molecule has 3 aromatic carbocycles. The van der Waals surface area contributed by atoms with E-state index in [9.17, 15) is 4.79 Å². The number of hydrogen-bond donors (Lipinski definition) is 0. The van der Waals surface area contributed by atoms with E-state index in [0.29, 0.717) is 17.2 Å². The average Bonchev–Trinajstić information content (AvgIpc) is 3.58. The van der Waals surface area contributed by atoms with Crippen molar-refractivity contribution < 1.29 is 18.7 Å². The summed E-state index contributed by atoms with van der Waals surface area (Å²) in [5.74, 6) is 2.77. The molecular formula is C29H24N2O4. The van der Waals surface area contributed by atoms with Gasteiger partial charge in [-0.05, 0) is 54.6 Å². The molecule has 0 N–H and O–H groups in total. The van der Waals surface area contributed by atoms with E-state index in [1.54, 1.807) is 19.1 Å². The van der Waals surface area contributed by atoms with Crippen LogP contribution < -0.4 is 14.4 Å². The van der Waals surface area contributed by atoms with E-state index in [2.05, 4.69) is 6.07 Å². The van der Waals surface area contributed by atoms with E-state index in [0.717, 1.165) is 39.2 Å². The quantitative estimate of drug-likeness (QED) is 0.311. The van der Waals surface area contributed by atoms with Gasteiger partial charge in [0.1, 0.15) is 34.8 Å². The first kappa shape index (κ1) is 21.1. The molecule has 5 aromatic rings. The minimum absolute atomic E-state index is 0.0656. The molecule has 6 nitrogen and oxygen atoms in total. The summed E-state index contributed by atoms with van der Waals surface area (Å²) in [6.45, 7) is 0. The van der Waals surface area contributed by atoms with Gasteiger partial charge in [0.05, 0.1) is 19.8 Å². The van der Waals surface area contributed by atoms with Crippen LogP contribution in [0.2, 0.25) is 0 Å². The van der Waals surface area contributed by atoms with Gasteiger partial charge in [-0.15, -0.1) is 0 Å². The number of methoxy groups -OCH3 is 2. The molecule has 6 heteroatoms. The molecule has 0 saturated heterocycles. The van der Waals surface area contributed by atoms with Gasteiger partial charge in [0.25, 0.3) is 5.91 Å². The Labute approximate surface area is 202 Å². The summed E-state index contributed by atoms with van der Waals surface area (Å²) in [7, 11) is 5.21. The van der Waals surface area contributed by atoms with Crippen molar-refractivity contribution in [2.45, 2.75) is 6.04 Å². The molecule has 174 valence electrons. The van der Waals surface area contributed by atoms with E-state index in [1.807, 2.05) is 90.5 Å². The molecule has 0 fully saturated rings. The number of aryl methyl sites for hydroxylation is 1. The number of para-hydroxylation sites is 2. The lowest BCUT2D eigenvalue weighted by molar-refractivity contribution is 0.0985. The van der Waals surface area contributed by atoms with Crippen LogP contribution in [0.3, 0.4) is 0 Å². The number of nitrogens with zero attached hydrogens (tertiary/aromatic N) is 2. The number of furan rings is 1. The van der Waals surface area contributed by atoms with Gasteiger partial charge in [-0.2, -0.15) is 0 Å². The minimum atomic E-state index is -0.416. The molecule has 0 saturated carbocycles. The normalized spacial score (nSPS) is 15.0. The number of carbonyl (C=O) groups excluding carboxylic acids is 1. The zero-order valence-electron chi connectivity index (χ0n) is 19.7. The second-order valence-corrected chi connectivity index (χ2v) is 8.52. The van der Waals surface area contributed by atoms with Gasteiger partial charge in [-0.3, -0.25) is 9.69 Å². The van der Waals surface area contributed by atoms with Crippen LogP contribution in [0.5, 0.6) is 11.5 Å². The molecule has 35 heavy (non-hydrogen) atoms. The van der Waals surface area contributed by atoms with Gasteiger partial charge >= 0.3 is 0 Å². The number of rotatable bonds is 5. The SMILES string of the molecule is COc1ccc(N2C(=O)c3c(c4ccccc4n3C)[C@H]2c2ccc(-c3ccccc3OC)o2)cc1. The zero-order chi connectivity index (χ0) is 24.1. The lowest BCUT2D eigenvalue weighted by atomic mass is 10.0. The van der Waals surface area contributed by atoms with Crippen molar-refractivity contribution >= 4 is 22.5 Å². The zero-order valence-corrected chi connectivity index (χ0v) is 19.7. The van der Waals surface area contributed by atoms with Gasteiger partial charge in [0, 0.05) is 29.2 Å². The van der Waals surface area contributed by atoms with Crippen molar-refractivity contribution in [3.05, 3.63) is 102 Å². The summed E-state index contributed by atoms with van der Waals surface area (Å²) in [6.07, 6.45) is 0. The van der Waals surface area contributed by atoms with Crippen LogP contribution in [0.4, 0.5) is 5.69 Å². The summed E-state index contributed by atoms with van der Waals surface area (Å²) in [6, 6.07) is 26.9. The summed E-state index contributed by atoms with van der Waals surface area (Å²) in [4.78, 5) is 15.7. The van der Waals surface area contributed by atoms with Crippen LogP contribution in [0.15, 0.2) is 89.3 Å². The summed E-state index contributed by atoms with van der Waals surface area (Å²) < 4.78 is 19.3. The maximum absolute atomic E-state index is 13.9. The third-order valence-electron chi connectivity index (χ3n) is 6.72. The Morgan fingerprint density at radius 3 is 2.34 bits per heavy atom. The van der Waals surface area contributed by atoms with Crippen molar-refractivity contribution in [3.8, 4) is 22.8 Å². The van der Waals surface area contributed by atoms with Crippen LogP contribution >= 0.6 is 0 Å². The molecule has 0 aliphatic carbocycles. The van der Waals surface area contributed by atoms with Crippen molar-refractivity contribution in [2.24, 2.45) is 7.05 Å². The minimum Gasteiger partial charge on any atom is -0.497 e. The number of fused-ring (bicyclic) bond motifs is 3. The van der Waals surface area contributed by atoms with Crippen molar-refractivity contribution in [1.82, 2.24) is 4.57 Å². The van der Waals surface area contributed by atoms with Crippen molar-refractivity contribution in [1.29, 1.82) is 0 Å². The predicted octanol–water partition coefficient (Wildman–Crippen LogP) is 6.21. The van der Waals surface area contributed by atoms with Crippen LogP contribution in [0.25, 0.3) is 22.2 Å². The fourth-order valence-corrected chi connectivity index (χ4v) is 5.09. The molecule has 1 atom stereocenters. The molecule has 0 unspecified atom stereocenters. The Bertz CT molecular complexity index is 1560. The Hall–Kier alpha value is -4.45. The molecule has 0 spiro atoms. The van der Waals surface area contributed by atoms with Crippen LogP contribution in [0.1, 0.15) is 27.9 Å². The number of benzene rings is 3. The molecule has 1 aliphatic rings. The highest BCUT2D eigenvalue weighted by Gasteiger charge is 2.44. The van der Waals surface area contributed by atoms with Gasteiger partial charge in [-0.25, -0.2) is 0 Å². The van der Waals surface area contributed by atoms with Crippen LogP contribution in [-0.2, 0) is 7.05 Å². The Morgan fingerprint density at radius 1 is 0.829 bits per heavy atom. The van der Waals surface area contributed by atoms with Gasteiger partial charge in [0.2, 0.25) is 0 Å². The van der Waals surface area contributed by atoms with Crippen molar-refractivity contribution in [3.63, 3.8) is 0 Å². The van der Waals surface area contributed by atoms with E-state index >= 15 is 0 Å². The number of hydrogen-bond acceptors (Lipinski definition) is 4. The smallest absolute Gasteiger partial charge is 0.276 e. The average molecular weight is 465 g/mol. The number of amides is 1. The molecule has 1 amide bonds. The van der Waals surface area contributed by atoms with E-state index in [4.69, 9.17) is 13.9 Å². The highest BCUT2D eigenvalue weighted by Crippen LogP contribution is 2.47. The molecule has 6 rings (SSSR count). The molecule has 0 bridgehead atoms. The molecule has 3 heterocycles. The summed E-state index contributed by atoms with van der Waals surface area (Å²) in [5.41, 5.74) is 4.27. The third-order valence-corrected chi connectivity index (χ3v) is 6.72. The largest absolute Gasteiger partial charge is 0.497 e. The number of ether oxygens (including phenoxy) is 2. The first-order valence-electron chi connectivity index (χ1n) is 11.4. The van der Waals surface area contributed by atoms with E-state index in [-0.39, 0.29) is 5.91 Å². The maximum Gasteiger partial charge on any atom is 0.276 e. The third kappa shape index (κ3) is 3.14. The number of anilines is 1. The first-order valence-corrected chi connectivity index (χ1v) is 11.4. The predicted molar refractivity (Wildman–Crippen MR) is 135 cm³/mol. The fraction of sp³-hybridized carbons (Fsp3) is 0.138. The molecule has 0 radical (unpaired) electrons. The van der Waals surface area contributed by atoms with Gasteiger partial charge in [-0.1, -0.05) is 30.3 Å². The van der Waals surface area contributed by atoms with Crippen LogP contribution in [0, 0.1) is 0 Å². The topological polar surface area (TPSA) is 56.8 Å². The monoisotopic (exact) mass is 464 g/mol. The molecule has 1 aliphatic heterocycles. The lowest BCUT2D eigenvalue weighted by Gasteiger charge is -2.25. The maximum atomic E-state index is 13.9. The standard InChI is InChI=1S/C29H24N2O4/c1-30-22-10-6-4-8-20(22)26-27(25-17-16-24(35-25)21-9-5-7-11-23(21)34-3)31(29(32)28(26)30)18-12-14-19(33-2)15-13-18/h4-17,27H,1-3H3/t27-/m1/s1. The summed E-state index contributed by atoms with van der Waals surface area (Å²) in [5, 5.41) is 1.04. The van der Waals surface area contributed by atoms with E-state index < -0.39 is 6.04 Å². The number of carbonyl (C=O) groups is 1. The highest BCUT2D eigenvalue weighted by molar-refractivity contribution is 6.15. The van der Waals surface area contributed by atoms with Crippen molar-refractivity contribution in [2.75, 3.05) is 19.1 Å². The van der Waals surface area contributed by atoms with Crippen LogP contribution in [-0.4, -0.2) is 24.7 Å². The molecule has 2 aromatic heterocycles. The Morgan fingerprint density at radius 2 is 1.57 bits per heavy atom. The summed E-state index contributed by atoms with van der Waals surface area (Å²) >= 11 is 0. The second kappa shape index (κ2) is 8.09. The molecular weight excluding hydrogens is 440 g/mol. The van der Waals surface area contributed by atoms with Gasteiger partial charge < -0.3 is 18.5 Å². The fourth-order valence-electron chi connectivity index (χ4n) is 5.09. The van der Waals surface area contributed by atoms with E-state index in [1.165, 1.54) is 0 Å². The Balaban J connectivity index is 1.55.